The van der Waals surface area contributed by atoms with Crippen LogP contribution in [0.25, 0.3) is 0 Å². The fourth-order valence-corrected chi connectivity index (χ4v) is 3.06. The highest BCUT2D eigenvalue weighted by Crippen LogP contribution is 2.44. The lowest BCUT2D eigenvalue weighted by Crippen LogP contribution is -2.41. The van der Waals surface area contributed by atoms with Crippen LogP contribution in [0.1, 0.15) is 32.6 Å². The minimum atomic E-state index is 0. The van der Waals surface area contributed by atoms with Crippen LogP contribution in [0, 0.1) is 5.41 Å². The normalized spacial score (nSPS) is 16.4. The monoisotopic (exact) mass is 441 g/mol. The Morgan fingerprint density at radius 1 is 1.41 bits per heavy atom. The Hall–Kier alpha value is 0.0500. The number of rotatable bonds is 11. The number of nitrogens with zero attached hydrogens (tertiary/aromatic N) is 1. The van der Waals surface area contributed by atoms with Crippen LogP contribution in [-0.4, -0.2) is 50.8 Å². The first kappa shape index (κ1) is 22.1. The first-order valence-electron chi connectivity index (χ1n) is 7.96. The Morgan fingerprint density at radius 2 is 2.18 bits per heavy atom. The summed E-state index contributed by atoms with van der Waals surface area (Å²) in [6.45, 7) is 9.43. The van der Waals surface area contributed by atoms with E-state index in [1.54, 1.807) is 7.11 Å². The number of hydrogen-bond acceptors (Lipinski definition) is 3. The average Bonchev–Trinajstić information content (AvgIpc) is 2.45. The number of ether oxygens (including phenoxy) is 1. The van der Waals surface area contributed by atoms with Crippen LogP contribution in [-0.2, 0) is 4.74 Å². The largest absolute Gasteiger partial charge is 0.385 e. The van der Waals surface area contributed by atoms with Gasteiger partial charge in [-0.25, -0.2) is 0 Å². The molecule has 1 saturated carbocycles. The van der Waals surface area contributed by atoms with Crippen molar-refractivity contribution in [1.29, 1.82) is 0 Å². The van der Waals surface area contributed by atoms with Gasteiger partial charge in [-0.3, -0.25) is 4.99 Å². The average molecular weight is 441 g/mol. The highest BCUT2D eigenvalue weighted by Gasteiger charge is 2.36. The highest BCUT2D eigenvalue weighted by molar-refractivity contribution is 14.0. The minimum Gasteiger partial charge on any atom is -0.385 e. The van der Waals surface area contributed by atoms with Gasteiger partial charge in [0.1, 0.15) is 0 Å². The number of methoxy groups -OCH3 is 1. The van der Waals surface area contributed by atoms with Crippen molar-refractivity contribution in [2.24, 2.45) is 10.4 Å². The van der Waals surface area contributed by atoms with E-state index in [-0.39, 0.29) is 24.0 Å². The van der Waals surface area contributed by atoms with Crippen LogP contribution in [0.15, 0.2) is 17.6 Å². The molecular weight excluding hydrogens is 409 g/mol. The van der Waals surface area contributed by atoms with Crippen molar-refractivity contribution in [2.45, 2.75) is 32.6 Å². The van der Waals surface area contributed by atoms with Gasteiger partial charge in [0.25, 0.3) is 0 Å². The maximum Gasteiger partial charge on any atom is 0.191 e. The molecule has 1 rings (SSSR count). The maximum atomic E-state index is 5.24. The Labute approximate surface area is 157 Å². The maximum absolute atomic E-state index is 5.24. The number of thioether (sulfide) groups is 1. The SMILES string of the molecule is C=CCSCCNC(=NCC1(CCOC)CCC1)NCC.I. The van der Waals surface area contributed by atoms with E-state index in [1.165, 1.54) is 19.3 Å². The summed E-state index contributed by atoms with van der Waals surface area (Å²) in [5.74, 6) is 3.03. The first-order chi connectivity index (χ1) is 10.3. The zero-order chi connectivity index (χ0) is 15.4. The van der Waals surface area contributed by atoms with Crippen molar-refractivity contribution in [3.05, 3.63) is 12.7 Å². The van der Waals surface area contributed by atoms with Crippen LogP contribution in [0.4, 0.5) is 0 Å². The van der Waals surface area contributed by atoms with Gasteiger partial charge in [0, 0.05) is 44.9 Å². The molecule has 0 aromatic heterocycles. The van der Waals surface area contributed by atoms with E-state index in [0.717, 1.165) is 50.1 Å². The smallest absolute Gasteiger partial charge is 0.191 e. The summed E-state index contributed by atoms with van der Waals surface area (Å²) in [6, 6.07) is 0. The van der Waals surface area contributed by atoms with Crippen molar-refractivity contribution in [1.82, 2.24) is 10.6 Å². The van der Waals surface area contributed by atoms with Crippen molar-refractivity contribution >= 4 is 41.7 Å². The second-order valence-corrected chi connectivity index (χ2v) is 6.73. The molecule has 0 unspecified atom stereocenters. The van der Waals surface area contributed by atoms with E-state index in [1.807, 2.05) is 17.8 Å². The van der Waals surface area contributed by atoms with Crippen molar-refractivity contribution < 1.29 is 4.74 Å². The van der Waals surface area contributed by atoms with Gasteiger partial charge in [0.2, 0.25) is 0 Å². The van der Waals surface area contributed by atoms with Gasteiger partial charge in [-0.2, -0.15) is 11.8 Å². The van der Waals surface area contributed by atoms with Crippen LogP contribution in [0.5, 0.6) is 0 Å². The molecule has 2 N–H and O–H groups in total. The zero-order valence-corrected chi connectivity index (χ0v) is 17.2. The molecule has 22 heavy (non-hydrogen) atoms. The lowest BCUT2D eigenvalue weighted by atomic mass is 9.67. The molecule has 0 atom stereocenters. The third kappa shape index (κ3) is 8.62. The number of guanidine groups is 1. The molecule has 0 aromatic rings. The third-order valence-corrected chi connectivity index (χ3v) is 4.91. The molecule has 0 saturated heterocycles. The third-order valence-electron chi connectivity index (χ3n) is 3.94. The molecule has 6 heteroatoms. The molecule has 0 bridgehead atoms. The summed E-state index contributed by atoms with van der Waals surface area (Å²) in [5.41, 5.74) is 0.385. The standard InChI is InChI=1S/C16H31N3OS.HI/c1-4-12-21-13-10-18-15(17-5-2)19-14-16(7-6-8-16)9-11-20-3;/h4H,1,5-14H2,2-3H3,(H2,17,18,19);1H. The van der Waals surface area contributed by atoms with E-state index in [0.29, 0.717) is 5.41 Å². The molecule has 0 aliphatic heterocycles. The van der Waals surface area contributed by atoms with Gasteiger partial charge in [-0.1, -0.05) is 12.5 Å². The Balaban J connectivity index is 0.00000441. The van der Waals surface area contributed by atoms with Crippen molar-refractivity contribution in [3.63, 3.8) is 0 Å². The molecule has 0 spiro atoms. The number of hydrogen-bond donors (Lipinski definition) is 2. The predicted molar refractivity (Wildman–Crippen MR) is 110 cm³/mol. The van der Waals surface area contributed by atoms with Crippen molar-refractivity contribution in [3.8, 4) is 0 Å². The van der Waals surface area contributed by atoms with E-state index in [2.05, 4.69) is 24.1 Å². The summed E-state index contributed by atoms with van der Waals surface area (Å²) < 4.78 is 5.24. The number of halogens is 1. The Kier molecular flexibility index (Phi) is 13.5. The summed E-state index contributed by atoms with van der Waals surface area (Å²) in [6.07, 6.45) is 6.98. The minimum absolute atomic E-state index is 0. The predicted octanol–water partition coefficient (Wildman–Crippen LogP) is 3.29. The van der Waals surface area contributed by atoms with E-state index < -0.39 is 0 Å². The van der Waals surface area contributed by atoms with E-state index >= 15 is 0 Å². The highest BCUT2D eigenvalue weighted by atomic mass is 127. The summed E-state index contributed by atoms with van der Waals surface area (Å²) >= 11 is 1.88. The van der Waals surface area contributed by atoms with Crippen LogP contribution < -0.4 is 10.6 Å². The molecule has 0 radical (unpaired) electrons. The summed E-state index contributed by atoms with van der Waals surface area (Å²) in [7, 11) is 1.78. The molecule has 0 aromatic carbocycles. The van der Waals surface area contributed by atoms with Gasteiger partial charge in [-0.15, -0.1) is 30.6 Å². The van der Waals surface area contributed by atoms with Crippen molar-refractivity contribution in [2.75, 3.05) is 44.9 Å². The number of aliphatic imine (C=N–C) groups is 1. The zero-order valence-electron chi connectivity index (χ0n) is 14.0. The van der Waals surface area contributed by atoms with Crippen LogP contribution >= 0.6 is 35.7 Å². The second kappa shape index (κ2) is 13.5. The van der Waals surface area contributed by atoms with Gasteiger partial charge in [-0.05, 0) is 31.6 Å². The molecule has 4 nitrogen and oxygen atoms in total. The summed E-state index contributed by atoms with van der Waals surface area (Å²) in [5, 5.41) is 6.74. The topological polar surface area (TPSA) is 45.7 Å². The van der Waals surface area contributed by atoms with Gasteiger partial charge in [0.15, 0.2) is 5.96 Å². The molecule has 130 valence electrons. The molecule has 1 aliphatic carbocycles. The lowest BCUT2D eigenvalue weighted by molar-refractivity contribution is 0.0778. The fraction of sp³-hybridized carbons (Fsp3) is 0.812. The van der Waals surface area contributed by atoms with Crippen LogP contribution in [0.3, 0.4) is 0 Å². The fourth-order valence-electron chi connectivity index (χ4n) is 2.48. The van der Waals surface area contributed by atoms with Gasteiger partial charge < -0.3 is 15.4 Å². The van der Waals surface area contributed by atoms with E-state index in [4.69, 9.17) is 9.73 Å². The Bertz CT molecular complexity index is 323. The molecule has 1 fully saturated rings. The lowest BCUT2D eigenvalue weighted by Gasteiger charge is -2.40. The van der Waals surface area contributed by atoms with Gasteiger partial charge in [0.05, 0.1) is 0 Å². The van der Waals surface area contributed by atoms with E-state index in [9.17, 15) is 0 Å². The second-order valence-electron chi connectivity index (χ2n) is 5.58. The number of nitrogens with one attached hydrogen (secondary N) is 2. The quantitative estimate of drug-likeness (QED) is 0.170. The van der Waals surface area contributed by atoms with Gasteiger partial charge >= 0.3 is 0 Å². The molecule has 0 amide bonds. The molecule has 0 heterocycles. The molecule has 1 aliphatic rings. The Morgan fingerprint density at radius 3 is 2.73 bits per heavy atom. The summed E-state index contributed by atoms with van der Waals surface area (Å²) in [4.78, 5) is 4.79. The van der Waals surface area contributed by atoms with Crippen LogP contribution in [0.2, 0.25) is 0 Å². The molecular formula is C16H32IN3OS. The first-order valence-corrected chi connectivity index (χ1v) is 9.11.